The first-order valence-corrected chi connectivity index (χ1v) is 9.22. The Morgan fingerprint density at radius 2 is 1.93 bits per heavy atom. The topological polar surface area (TPSA) is 82.5 Å². The molecule has 140 valence electrons. The number of hydrogen-bond acceptors (Lipinski definition) is 4. The molecule has 1 aliphatic heterocycles. The van der Waals surface area contributed by atoms with Crippen LogP contribution in [0.5, 0.6) is 0 Å². The number of H-pyrrole nitrogens is 1. The molecule has 27 heavy (non-hydrogen) atoms. The van der Waals surface area contributed by atoms with Crippen LogP contribution >= 0.6 is 0 Å². The number of fused-ring (bicyclic) bond motifs is 1. The highest BCUT2D eigenvalue weighted by atomic mass is 16.2. The predicted octanol–water partition coefficient (Wildman–Crippen LogP) is 2.80. The summed E-state index contributed by atoms with van der Waals surface area (Å²) in [6.45, 7) is 5.08. The summed E-state index contributed by atoms with van der Waals surface area (Å²) >= 11 is 0. The molecule has 1 saturated heterocycles. The number of carbonyl (C=O) groups excluding carboxylic acids is 1. The van der Waals surface area contributed by atoms with E-state index in [1.807, 2.05) is 46.7 Å². The van der Waals surface area contributed by atoms with Gasteiger partial charge in [0.15, 0.2) is 11.3 Å². The van der Waals surface area contributed by atoms with Crippen LogP contribution in [0.15, 0.2) is 41.5 Å². The Hall–Kier alpha value is -3.09. The van der Waals surface area contributed by atoms with Crippen molar-refractivity contribution in [2.24, 2.45) is 0 Å². The number of hydrogen-bond donors (Lipinski definition) is 2. The number of likely N-dealkylation sites (tertiary alicyclic amines) is 1. The SMILES string of the molecule is CC(=O)N1CCC(c2nc(Nc3ccc(C)cc3)c3c(=O)[nH]ccn23)CC1. The lowest BCUT2D eigenvalue weighted by Crippen LogP contribution is -2.36. The lowest BCUT2D eigenvalue weighted by molar-refractivity contribution is -0.129. The maximum absolute atomic E-state index is 12.5. The fourth-order valence-corrected chi connectivity index (χ4v) is 3.68. The zero-order valence-corrected chi connectivity index (χ0v) is 15.5. The minimum atomic E-state index is -0.174. The smallest absolute Gasteiger partial charge is 0.276 e. The molecule has 7 heteroatoms. The third-order valence-corrected chi connectivity index (χ3v) is 5.21. The second kappa shape index (κ2) is 6.90. The van der Waals surface area contributed by atoms with Gasteiger partial charge in [0.05, 0.1) is 0 Å². The van der Waals surface area contributed by atoms with Crippen LogP contribution < -0.4 is 10.9 Å². The summed E-state index contributed by atoms with van der Waals surface area (Å²) in [5, 5.41) is 3.28. The van der Waals surface area contributed by atoms with Gasteiger partial charge >= 0.3 is 0 Å². The third kappa shape index (κ3) is 3.32. The van der Waals surface area contributed by atoms with E-state index < -0.39 is 0 Å². The second-order valence-corrected chi connectivity index (χ2v) is 7.10. The number of rotatable bonds is 3. The van der Waals surface area contributed by atoms with Crippen LogP contribution in [0.2, 0.25) is 0 Å². The summed E-state index contributed by atoms with van der Waals surface area (Å²) in [5.41, 5.74) is 2.40. The van der Waals surface area contributed by atoms with Crippen LogP contribution in [0.3, 0.4) is 0 Å². The van der Waals surface area contributed by atoms with Crippen LogP contribution in [0, 0.1) is 6.92 Å². The summed E-state index contributed by atoms with van der Waals surface area (Å²) in [4.78, 5) is 33.4. The van der Waals surface area contributed by atoms with Crippen LogP contribution in [0.1, 0.15) is 37.1 Å². The number of imidazole rings is 1. The highest BCUT2D eigenvalue weighted by Crippen LogP contribution is 2.30. The van der Waals surface area contributed by atoms with Gasteiger partial charge in [-0.2, -0.15) is 0 Å². The molecule has 1 aliphatic rings. The van der Waals surface area contributed by atoms with Gasteiger partial charge in [-0.15, -0.1) is 0 Å². The van der Waals surface area contributed by atoms with E-state index in [9.17, 15) is 9.59 Å². The number of benzene rings is 1. The Morgan fingerprint density at radius 1 is 1.22 bits per heavy atom. The quantitative estimate of drug-likeness (QED) is 0.748. The van der Waals surface area contributed by atoms with Crippen molar-refractivity contribution in [3.8, 4) is 0 Å². The third-order valence-electron chi connectivity index (χ3n) is 5.21. The average Bonchev–Trinajstić information content (AvgIpc) is 3.03. The van der Waals surface area contributed by atoms with Crippen LogP contribution in [-0.2, 0) is 4.79 Å². The molecule has 3 heterocycles. The van der Waals surface area contributed by atoms with E-state index in [0.717, 1.165) is 37.4 Å². The number of aryl methyl sites for hydroxylation is 1. The maximum atomic E-state index is 12.5. The van der Waals surface area contributed by atoms with Crippen LogP contribution in [0.25, 0.3) is 5.52 Å². The molecule has 3 aromatic rings. The molecule has 0 atom stereocenters. The number of carbonyl (C=O) groups is 1. The normalized spacial score (nSPS) is 15.3. The molecule has 0 bridgehead atoms. The van der Waals surface area contributed by atoms with E-state index in [1.54, 1.807) is 13.1 Å². The highest BCUT2D eigenvalue weighted by molar-refractivity contribution is 5.74. The van der Waals surface area contributed by atoms with E-state index in [4.69, 9.17) is 4.98 Å². The van der Waals surface area contributed by atoms with Gasteiger partial charge in [0.2, 0.25) is 5.91 Å². The van der Waals surface area contributed by atoms with Crippen LogP contribution in [0.4, 0.5) is 11.5 Å². The first-order valence-electron chi connectivity index (χ1n) is 9.22. The lowest BCUT2D eigenvalue weighted by atomic mass is 9.96. The molecule has 2 N–H and O–H groups in total. The fraction of sp³-hybridized carbons (Fsp3) is 0.350. The number of aromatic nitrogens is 3. The van der Waals surface area contributed by atoms with E-state index in [0.29, 0.717) is 11.3 Å². The van der Waals surface area contributed by atoms with E-state index in [2.05, 4.69) is 10.3 Å². The molecule has 1 amide bonds. The minimum Gasteiger partial charge on any atom is -0.343 e. The number of amides is 1. The predicted molar refractivity (Wildman–Crippen MR) is 105 cm³/mol. The van der Waals surface area contributed by atoms with Gasteiger partial charge in [-0.3, -0.25) is 14.0 Å². The molecule has 7 nitrogen and oxygen atoms in total. The van der Waals surface area contributed by atoms with Gasteiger partial charge in [-0.25, -0.2) is 4.98 Å². The molecule has 4 rings (SSSR count). The highest BCUT2D eigenvalue weighted by Gasteiger charge is 2.27. The van der Waals surface area contributed by atoms with Crippen molar-refractivity contribution in [3.05, 3.63) is 58.4 Å². The molecular formula is C20H23N5O2. The number of aromatic amines is 1. The number of nitrogens with one attached hydrogen (secondary N) is 2. The summed E-state index contributed by atoms with van der Waals surface area (Å²) < 4.78 is 1.88. The second-order valence-electron chi connectivity index (χ2n) is 7.10. The average molecular weight is 365 g/mol. The molecule has 0 aliphatic carbocycles. The molecule has 0 unspecified atom stereocenters. The number of piperidine rings is 1. The van der Waals surface area contributed by atoms with E-state index >= 15 is 0 Å². The zero-order chi connectivity index (χ0) is 19.0. The van der Waals surface area contributed by atoms with Crippen molar-refractivity contribution in [3.63, 3.8) is 0 Å². The molecule has 2 aromatic heterocycles. The Balaban J connectivity index is 1.70. The van der Waals surface area contributed by atoms with Crippen molar-refractivity contribution in [1.29, 1.82) is 0 Å². The van der Waals surface area contributed by atoms with Gasteiger partial charge < -0.3 is 15.2 Å². The largest absolute Gasteiger partial charge is 0.343 e. The van der Waals surface area contributed by atoms with Gasteiger partial charge in [0.1, 0.15) is 5.82 Å². The Morgan fingerprint density at radius 3 is 2.59 bits per heavy atom. The summed E-state index contributed by atoms with van der Waals surface area (Å²) in [6.07, 6.45) is 5.17. The molecule has 1 aromatic carbocycles. The summed E-state index contributed by atoms with van der Waals surface area (Å²) in [7, 11) is 0. The van der Waals surface area contributed by atoms with Crippen molar-refractivity contribution in [2.75, 3.05) is 18.4 Å². The zero-order valence-electron chi connectivity index (χ0n) is 15.5. The van der Waals surface area contributed by atoms with Gasteiger partial charge in [-0.1, -0.05) is 17.7 Å². The lowest BCUT2D eigenvalue weighted by Gasteiger charge is -2.30. The van der Waals surface area contributed by atoms with Gasteiger partial charge in [0, 0.05) is 44.0 Å². The molecule has 1 fully saturated rings. The Labute approximate surface area is 157 Å². The monoisotopic (exact) mass is 365 g/mol. The van der Waals surface area contributed by atoms with Crippen molar-refractivity contribution >= 4 is 22.9 Å². The minimum absolute atomic E-state index is 0.111. The standard InChI is InChI=1S/C20H23N5O2/c1-13-3-5-16(6-4-13)22-18-17-20(27)21-9-12-25(17)19(23-18)15-7-10-24(11-8-15)14(2)26/h3-6,9,12,15,22H,7-8,10-11H2,1-2H3,(H,21,27). The Kier molecular flexibility index (Phi) is 4.43. The van der Waals surface area contributed by atoms with E-state index in [1.165, 1.54) is 5.56 Å². The maximum Gasteiger partial charge on any atom is 0.276 e. The van der Waals surface area contributed by atoms with Crippen molar-refractivity contribution in [2.45, 2.75) is 32.6 Å². The van der Waals surface area contributed by atoms with E-state index in [-0.39, 0.29) is 17.4 Å². The van der Waals surface area contributed by atoms with Crippen molar-refractivity contribution < 1.29 is 4.79 Å². The first kappa shape index (κ1) is 17.3. The van der Waals surface area contributed by atoms with Gasteiger partial charge in [-0.05, 0) is 31.9 Å². The molecule has 0 saturated carbocycles. The van der Waals surface area contributed by atoms with Crippen molar-refractivity contribution in [1.82, 2.24) is 19.3 Å². The first-order chi connectivity index (χ1) is 13.0. The summed E-state index contributed by atoms with van der Waals surface area (Å²) in [6, 6.07) is 7.98. The number of nitrogens with zero attached hydrogens (tertiary/aromatic N) is 3. The molecular weight excluding hydrogens is 342 g/mol. The molecule has 0 spiro atoms. The van der Waals surface area contributed by atoms with Gasteiger partial charge in [0.25, 0.3) is 5.56 Å². The number of anilines is 2. The molecule has 0 radical (unpaired) electrons. The fourth-order valence-electron chi connectivity index (χ4n) is 3.68. The van der Waals surface area contributed by atoms with Crippen LogP contribution in [-0.4, -0.2) is 38.3 Å². The Bertz CT molecular complexity index is 1030. The summed E-state index contributed by atoms with van der Waals surface area (Å²) in [5.74, 6) is 1.75.